The predicted octanol–water partition coefficient (Wildman–Crippen LogP) is 3.61. The molecule has 0 saturated carbocycles. The zero-order valence-corrected chi connectivity index (χ0v) is 14.7. The Morgan fingerprint density at radius 3 is 2.15 bits per heavy atom. The molecule has 2 bridgehead atoms. The standard InChI is InChI=1S/C21H20F2N2O2/c22-15-4-1-12(2-5-15)14-9-16-6-7-17(10-14)25(16)21(27)18-8-3-13(20(24)26)11-19(18)23/h1-5,8,11,14,16-17H,6-7,9-10H2,(H2,24,26)/t14?,16-,17+. The monoisotopic (exact) mass is 370 g/mol. The van der Waals surface area contributed by atoms with Crippen LogP contribution in [0.1, 0.15) is 57.9 Å². The lowest BCUT2D eigenvalue weighted by Gasteiger charge is -2.39. The molecule has 2 saturated heterocycles. The fourth-order valence-electron chi connectivity index (χ4n) is 4.50. The van der Waals surface area contributed by atoms with Gasteiger partial charge in [-0.2, -0.15) is 0 Å². The number of carbonyl (C=O) groups excluding carboxylic acids is 2. The molecule has 2 N–H and O–H groups in total. The molecule has 2 aromatic carbocycles. The van der Waals surface area contributed by atoms with E-state index in [1.54, 1.807) is 17.0 Å². The lowest BCUT2D eigenvalue weighted by molar-refractivity contribution is 0.0566. The van der Waals surface area contributed by atoms with Gasteiger partial charge in [0.1, 0.15) is 11.6 Å². The summed E-state index contributed by atoms with van der Waals surface area (Å²) in [4.78, 5) is 25.9. The SMILES string of the molecule is NC(=O)c1ccc(C(=O)N2[C@@H]3CC[C@H]2CC(c2ccc(F)cc2)C3)c(F)c1. The van der Waals surface area contributed by atoms with E-state index < -0.39 is 11.7 Å². The number of nitrogens with two attached hydrogens (primary N) is 1. The maximum Gasteiger partial charge on any atom is 0.257 e. The maximum absolute atomic E-state index is 14.4. The minimum Gasteiger partial charge on any atom is -0.366 e. The largest absolute Gasteiger partial charge is 0.366 e. The van der Waals surface area contributed by atoms with Crippen LogP contribution in [0.15, 0.2) is 42.5 Å². The average molecular weight is 370 g/mol. The van der Waals surface area contributed by atoms with Crippen LogP contribution in [0, 0.1) is 11.6 Å². The molecule has 2 aliphatic rings. The number of rotatable bonds is 3. The van der Waals surface area contributed by atoms with Crippen LogP contribution in [0.2, 0.25) is 0 Å². The van der Waals surface area contributed by atoms with Crippen LogP contribution >= 0.6 is 0 Å². The normalized spacial score (nSPS) is 24.1. The third kappa shape index (κ3) is 3.20. The molecule has 2 fully saturated rings. The molecule has 6 heteroatoms. The van der Waals surface area contributed by atoms with E-state index in [4.69, 9.17) is 5.73 Å². The first kappa shape index (κ1) is 17.6. The number of piperidine rings is 1. The van der Waals surface area contributed by atoms with Gasteiger partial charge in [-0.1, -0.05) is 12.1 Å². The van der Waals surface area contributed by atoms with Crippen molar-refractivity contribution in [2.75, 3.05) is 0 Å². The molecule has 27 heavy (non-hydrogen) atoms. The number of amides is 2. The fraction of sp³-hybridized carbons (Fsp3) is 0.333. The molecule has 2 aliphatic heterocycles. The first-order valence-electron chi connectivity index (χ1n) is 9.11. The second kappa shape index (κ2) is 6.76. The predicted molar refractivity (Wildman–Crippen MR) is 96.3 cm³/mol. The van der Waals surface area contributed by atoms with Crippen molar-refractivity contribution < 1.29 is 18.4 Å². The van der Waals surface area contributed by atoms with E-state index in [2.05, 4.69) is 0 Å². The number of fused-ring (bicyclic) bond motifs is 2. The molecule has 3 atom stereocenters. The van der Waals surface area contributed by atoms with Crippen LogP contribution in [-0.2, 0) is 0 Å². The van der Waals surface area contributed by atoms with Gasteiger partial charge in [-0.3, -0.25) is 9.59 Å². The van der Waals surface area contributed by atoms with E-state index in [1.165, 1.54) is 24.3 Å². The third-order valence-electron chi connectivity index (χ3n) is 5.79. The first-order chi connectivity index (χ1) is 12.9. The lowest BCUT2D eigenvalue weighted by atomic mass is 9.84. The second-order valence-electron chi connectivity index (χ2n) is 7.38. The minimum absolute atomic E-state index is 0.0304. The van der Waals surface area contributed by atoms with Crippen LogP contribution < -0.4 is 5.73 Å². The summed E-state index contributed by atoms with van der Waals surface area (Å²) < 4.78 is 27.6. The Morgan fingerprint density at radius 2 is 1.59 bits per heavy atom. The smallest absolute Gasteiger partial charge is 0.257 e. The summed E-state index contributed by atoms with van der Waals surface area (Å²) in [5, 5.41) is 0. The van der Waals surface area contributed by atoms with Gasteiger partial charge in [0.2, 0.25) is 5.91 Å². The van der Waals surface area contributed by atoms with Crippen molar-refractivity contribution in [1.29, 1.82) is 0 Å². The van der Waals surface area contributed by atoms with E-state index in [0.29, 0.717) is 0 Å². The Labute approximate surface area is 156 Å². The highest BCUT2D eigenvalue weighted by molar-refractivity contribution is 5.98. The Hall–Kier alpha value is -2.76. The summed E-state index contributed by atoms with van der Waals surface area (Å²) in [7, 11) is 0. The summed E-state index contributed by atoms with van der Waals surface area (Å²) in [6, 6.07) is 10.4. The van der Waals surface area contributed by atoms with E-state index in [9.17, 15) is 18.4 Å². The molecule has 2 amide bonds. The molecular weight excluding hydrogens is 350 g/mol. The van der Waals surface area contributed by atoms with E-state index in [0.717, 1.165) is 37.3 Å². The summed E-state index contributed by atoms with van der Waals surface area (Å²) >= 11 is 0. The van der Waals surface area contributed by atoms with Gasteiger partial charge >= 0.3 is 0 Å². The summed E-state index contributed by atoms with van der Waals surface area (Å²) in [5.41, 5.74) is 6.26. The van der Waals surface area contributed by atoms with Gasteiger partial charge in [0.15, 0.2) is 0 Å². The minimum atomic E-state index is -0.729. The van der Waals surface area contributed by atoms with Gasteiger partial charge in [-0.25, -0.2) is 8.78 Å². The van der Waals surface area contributed by atoms with Crippen molar-refractivity contribution in [3.05, 3.63) is 70.8 Å². The van der Waals surface area contributed by atoms with Crippen LogP contribution in [0.25, 0.3) is 0 Å². The van der Waals surface area contributed by atoms with E-state index in [-0.39, 0.29) is 40.9 Å². The number of benzene rings is 2. The number of carbonyl (C=O) groups is 2. The molecule has 2 aromatic rings. The Balaban J connectivity index is 1.55. The van der Waals surface area contributed by atoms with Crippen molar-refractivity contribution in [2.24, 2.45) is 5.73 Å². The second-order valence-corrected chi connectivity index (χ2v) is 7.38. The number of hydrogen-bond donors (Lipinski definition) is 1. The highest BCUT2D eigenvalue weighted by Gasteiger charge is 2.44. The van der Waals surface area contributed by atoms with E-state index in [1.807, 2.05) is 0 Å². The molecule has 140 valence electrons. The number of primary amides is 1. The topological polar surface area (TPSA) is 63.4 Å². The first-order valence-corrected chi connectivity index (χ1v) is 9.11. The van der Waals surface area contributed by atoms with Crippen molar-refractivity contribution in [1.82, 2.24) is 4.90 Å². The quantitative estimate of drug-likeness (QED) is 0.897. The number of nitrogens with zero attached hydrogens (tertiary/aromatic N) is 1. The van der Waals surface area contributed by atoms with Gasteiger partial charge in [0.25, 0.3) is 5.91 Å². The molecular formula is C21H20F2N2O2. The van der Waals surface area contributed by atoms with E-state index >= 15 is 0 Å². The number of hydrogen-bond acceptors (Lipinski definition) is 2. The highest BCUT2D eigenvalue weighted by atomic mass is 19.1. The third-order valence-corrected chi connectivity index (χ3v) is 5.79. The van der Waals surface area contributed by atoms with Crippen LogP contribution in [0.4, 0.5) is 8.78 Å². The Morgan fingerprint density at radius 1 is 0.963 bits per heavy atom. The zero-order chi connectivity index (χ0) is 19.1. The van der Waals surface area contributed by atoms with Gasteiger partial charge in [0.05, 0.1) is 5.56 Å². The van der Waals surface area contributed by atoms with Crippen molar-refractivity contribution in [3.8, 4) is 0 Å². The van der Waals surface area contributed by atoms with Crippen LogP contribution in [0.3, 0.4) is 0 Å². The summed E-state index contributed by atoms with van der Waals surface area (Å²) in [6.07, 6.45) is 3.34. The van der Waals surface area contributed by atoms with Gasteiger partial charge in [-0.05, 0) is 67.5 Å². The van der Waals surface area contributed by atoms with Crippen molar-refractivity contribution in [2.45, 2.75) is 43.7 Å². The Bertz CT molecular complexity index is 884. The van der Waals surface area contributed by atoms with Crippen molar-refractivity contribution >= 4 is 11.8 Å². The van der Waals surface area contributed by atoms with Crippen molar-refractivity contribution in [3.63, 3.8) is 0 Å². The lowest BCUT2D eigenvalue weighted by Crippen LogP contribution is -2.46. The molecule has 1 unspecified atom stereocenters. The number of halogens is 2. The summed E-state index contributed by atoms with van der Waals surface area (Å²) in [6.45, 7) is 0. The molecule has 0 radical (unpaired) electrons. The average Bonchev–Trinajstić information content (AvgIpc) is 2.91. The molecule has 0 aliphatic carbocycles. The zero-order valence-electron chi connectivity index (χ0n) is 14.7. The molecule has 4 rings (SSSR count). The van der Waals surface area contributed by atoms with Gasteiger partial charge in [0, 0.05) is 17.6 Å². The molecule has 0 aromatic heterocycles. The van der Waals surface area contributed by atoms with Gasteiger partial charge in [-0.15, -0.1) is 0 Å². The molecule has 2 heterocycles. The summed E-state index contributed by atoms with van der Waals surface area (Å²) in [5.74, 6) is -1.78. The maximum atomic E-state index is 14.4. The fourth-order valence-corrected chi connectivity index (χ4v) is 4.50. The van der Waals surface area contributed by atoms with Crippen LogP contribution in [0.5, 0.6) is 0 Å². The van der Waals surface area contributed by atoms with Gasteiger partial charge < -0.3 is 10.6 Å². The highest BCUT2D eigenvalue weighted by Crippen LogP contribution is 2.43. The molecule has 0 spiro atoms. The van der Waals surface area contributed by atoms with Crippen LogP contribution in [-0.4, -0.2) is 28.8 Å². The Kier molecular flexibility index (Phi) is 4.42. The molecule has 4 nitrogen and oxygen atoms in total.